The Morgan fingerprint density at radius 3 is 2.18 bits per heavy atom. The zero-order valence-corrected chi connectivity index (χ0v) is 27.7. The highest BCUT2D eigenvalue weighted by molar-refractivity contribution is 5.78. The first kappa shape index (κ1) is 33.3. The topological polar surface area (TPSA) is 174 Å². The minimum Gasteiger partial charge on any atom is -0.481 e. The molecule has 10 nitrogen and oxygen atoms in total. The van der Waals surface area contributed by atoms with Crippen LogP contribution < -0.4 is 0 Å². The first-order chi connectivity index (χ1) is 20.8. The third kappa shape index (κ3) is 4.34. The Labute approximate surface area is 266 Å². The van der Waals surface area contributed by atoms with E-state index in [0.717, 1.165) is 25.7 Å². The highest BCUT2D eigenvalue weighted by Crippen LogP contribution is 2.76. The van der Waals surface area contributed by atoms with Gasteiger partial charge in [0.2, 0.25) is 0 Å². The summed E-state index contributed by atoms with van der Waals surface area (Å²) in [4.78, 5) is 26.2. The standard InChI is InChI=1S/C35H54O10/c1-30(2)13-14-35(29(42)43)19(15-30)18-7-8-21-31(3)11-10-24(45-27-26(39)25(38)20(36)17-44-27)34(6,28(40)41)22(31)9-12-32(21,4)33(18,5)16-23(35)37/h7,19-27,36-39H,8-17H2,1-6H3,(H,40,41)(H,42,43)/t19-,20-,21+,22+,23+,24-,25-,26+,27-,31+,32+,33+,34-,35+/m0/s1. The Bertz CT molecular complexity index is 1260. The molecule has 6 rings (SSSR count). The SMILES string of the molecule is CC1(C)CC[C@]2(C(=O)O)[C@H](O)C[C@]3(C)C(=CC[C@@H]4[C@@]5(C)CC[C@H](O[C@@H]6OC[C@H](O)[C@H](O)[C@H]6O)[C@@](C)(C(=O)O)[C@@H]5CC[C@]43C)[C@@H]2C1. The van der Waals surface area contributed by atoms with Gasteiger partial charge < -0.3 is 40.1 Å². The summed E-state index contributed by atoms with van der Waals surface area (Å²) in [6.07, 6.45) is 0.607. The maximum atomic E-state index is 13.2. The van der Waals surface area contributed by atoms with Crippen LogP contribution in [0.1, 0.15) is 99.3 Å². The van der Waals surface area contributed by atoms with Crippen LogP contribution in [0.4, 0.5) is 0 Å². The number of carboxylic acids is 2. The molecule has 10 heteroatoms. The van der Waals surface area contributed by atoms with Gasteiger partial charge in [-0.1, -0.05) is 46.3 Å². The van der Waals surface area contributed by atoms with Gasteiger partial charge in [-0.25, -0.2) is 0 Å². The van der Waals surface area contributed by atoms with E-state index in [1.165, 1.54) is 5.57 Å². The van der Waals surface area contributed by atoms with Crippen LogP contribution in [0.15, 0.2) is 11.6 Å². The molecule has 0 bridgehead atoms. The fourth-order valence-corrected chi connectivity index (χ4v) is 12.0. The third-order valence-corrected chi connectivity index (χ3v) is 14.9. The van der Waals surface area contributed by atoms with Gasteiger partial charge in [0.25, 0.3) is 0 Å². The molecule has 1 saturated heterocycles. The lowest BCUT2D eigenvalue weighted by molar-refractivity contribution is -0.308. The number of rotatable bonds is 4. The number of aliphatic hydroxyl groups excluding tert-OH is 4. The van der Waals surface area contributed by atoms with Gasteiger partial charge in [0.15, 0.2) is 6.29 Å². The fraction of sp³-hybridized carbons (Fsp3) is 0.886. The van der Waals surface area contributed by atoms with Gasteiger partial charge in [-0.05, 0) is 104 Å². The molecular formula is C35H54O10. The van der Waals surface area contributed by atoms with Gasteiger partial charge in [-0.15, -0.1) is 0 Å². The van der Waals surface area contributed by atoms with Crippen molar-refractivity contribution in [2.24, 2.45) is 50.2 Å². The summed E-state index contributed by atoms with van der Waals surface area (Å²) in [5, 5.41) is 64.0. The Kier molecular flexibility index (Phi) is 7.76. The monoisotopic (exact) mass is 634 g/mol. The van der Waals surface area contributed by atoms with Gasteiger partial charge in [0.1, 0.15) is 23.7 Å². The summed E-state index contributed by atoms with van der Waals surface area (Å²) in [5.41, 5.74) is -2.44. The summed E-state index contributed by atoms with van der Waals surface area (Å²) in [7, 11) is 0. The van der Waals surface area contributed by atoms with Crippen LogP contribution in [0.5, 0.6) is 0 Å². The molecule has 1 heterocycles. The minimum atomic E-state index is -1.50. The number of allylic oxidation sites excluding steroid dienone is 2. The van der Waals surface area contributed by atoms with E-state index in [0.29, 0.717) is 32.1 Å². The zero-order chi connectivity index (χ0) is 33.1. The lowest BCUT2D eigenvalue weighted by Crippen LogP contribution is -2.69. The number of aliphatic carboxylic acids is 2. The molecular weight excluding hydrogens is 580 g/mol. The van der Waals surface area contributed by atoms with Crippen molar-refractivity contribution in [1.29, 1.82) is 0 Å². The van der Waals surface area contributed by atoms with Crippen molar-refractivity contribution in [3.63, 3.8) is 0 Å². The van der Waals surface area contributed by atoms with Crippen LogP contribution in [-0.2, 0) is 19.1 Å². The number of ether oxygens (including phenoxy) is 2. The molecule has 0 aromatic rings. The number of fused-ring (bicyclic) bond motifs is 7. The Morgan fingerprint density at radius 2 is 1.53 bits per heavy atom. The lowest BCUT2D eigenvalue weighted by atomic mass is 9.33. The van der Waals surface area contributed by atoms with Crippen LogP contribution in [0, 0.1) is 50.2 Å². The smallest absolute Gasteiger partial charge is 0.312 e. The first-order valence-electron chi connectivity index (χ1n) is 17.0. The maximum absolute atomic E-state index is 13.2. The Morgan fingerprint density at radius 1 is 0.844 bits per heavy atom. The average molecular weight is 635 g/mol. The van der Waals surface area contributed by atoms with Gasteiger partial charge >= 0.3 is 11.9 Å². The van der Waals surface area contributed by atoms with Crippen molar-refractivity contribution in [2.75, 3.05) is 6.61 Å². The maximum Gasteiger partial charge on any atom is 0.312 e. The molecule has 5 aliphatic carbocycles. The summed E-state index contributed by atoms with van der Waals surface area (Å²) in [6.45, 7) is 12.7. The Hall–Kier alpha value is -1.56. The molecule has 6 aliphatic rings. The molecule has 0 radical (unpaired) electrons. The molecule has 254 valence electrons. The van der Waals surface area contributed by atoms with Crippen molar-refractivity contribution < 1.29 is 49.7 Å². The summed E-state index contributed by atoms with van der Waals surface area (Å²) >= 11 is 0. The molecule has 5 fully saturated rings. The molecule has 1 aliphatic heterocycles. The number of carboxylic acid groups (broad SMARTS) is 2. The predicted molar refractivity (Wildman–Crippen MR) is 163 cm³/mol. The summed E-state index contributed by atoms with van der Waals surface area (Å²) < 4.78 is 11.7. The van der Waals surface area contributed by atoms with Gasteiger partial charge in [0, 0.05) is 0 Å². The molecule has 0 aromatic carbocycles. The van der Waals surface area contributed by atoms with Crippen LogP contribution in [0.2, 0.25) is 0 Å². The van der Waals surface area contributed by atoms with E-state index in [1.807, 2.05) is 0 Å². The minimum absolute atomic E-state index is 0.0325. The van der Waals surface area contributed by atoms with Crippen molar-refractivity contribution in [2.45, 2.75) is 136 Å². The highest BCUT2D eigenvalue weighted by atomic mass is 16.7. The second-order valence-corrected chi connectivity index (χ2v) is 17.3. The van der Waals surface area contributed by atoms with E-state index in [4.69, 9.17) is 9.47 Å². The average Bonchev–Trinajstić information content (AvgIpc) is 2.94. The molecule has 0 unspecified atom stereocenters. The van der Waals surface area contributed by atoms with E-state index in [2.05, 4.69) is 40.7 Å². The number of hydrogen-bond donors (Lipinski definition) is 6. The first-order valence-corrected chi connectivity index (χ1v) is 17.0. The van der Waals surface area contributed by atoms with Crippen LogP contribution in [-0.4, -0.2) is 86.0 Å². The second-order valence-electron chi connectivity index (χ2n) is 17.3. The molecule has 4 saturated carbocycles. The summed E-state index contributed by atoms with van der Waals surface area (Å²) in [6, 6.07) is 0. The molecule has 14 atom stereocenters. The lowest BCUT2D eigenvalue weighted by Gasteiger charge is -2.71. The zero-order valence-electron chi connectivity index (χ0n) is 27.7. The van der Waals surface area contributed by atoms with Gasteiger partial charge in [-0.3, -0.25) is 9.59 Å². The largest absolute Gasteiger partial charge is 0.481 e. The quantitative estimate of drug-likeness (QED) is 0.198. The molecule has 0 aromatic heterocycles. The van der Waals surface area contributed by atoms with Crippen molar-refractivity contribution in [3.8, 4) is 0 Å². The van der Waals surface area contributed by atoms with E-state index in [1.54, 1.807) is 6.92 Å². The third-order valence-electron chi connectivity index (χ3n) is 14.9. The molecule has 6 N–H and O–H groups in total. The van der Waals surface area contributed by atoms with Crippen molar-refractivity contribution in [1.82, 2.24) is 0 Å². The number of aliphatic hydroxyl groups is 4. The van der Waals surface area contributed by atoms with Crippen LogP contribution >= 0.6 is 0 Å². The van der Waals surface area contributed by atoms with E-state index >= 15 is 0 Å². The number of carbonyl (C=O) groups is 2. The predicted octanol–water partition coefficient (Wildman–Crippen LogP) is 3.73. The van der Waals surface area contributed by atoms with Gasteiger partial charge in [0.05, 0.1) is 24.2 Å². The van der Waals surface area contributed by atoms with Crippen LogP contribution in [0.3, 0.4) is 0 Å². The molecule has 0 spiro atoms. The van der Waals surface area contributed by atoms with E-state index in [9.17, 15) is 40.2 Å². The normalized spacial score (nSPS) is 54.0. The van der Waals surface area contributed by atoms with E-state index in [-0.39, 0.29) is 40.6 Å². The molecule has 45 heavy (non-hydrogen) atoms. The second kappa shape index (κ2) is 10.5. The number of hydrogen-bond acceptors (Lipinski definition) is 8. The van der Waals surface area contributed by atoms with Crippen molar-refractivity contribution in [3.05, 3.63) is 11.6 Å². The fourth-order valence-electron chi connectivity index (χ4n) is 12.0. The Balaban J connectivity index is 1.36. The molecule has 0 amide bonds. The highest BCUT2D eigenvalue weighted by Gasteiger charge is 2.72. The van der Waals surface area contributed by atoms with Crippen LogP contribution in [0.25, 0.3) is 0 Å². The summed E-state index contributed by atoms with van der Waals surface area (Å²) in [5.74, 6) is -2.27. The van der Waals surface area contributed by atoms with E-state index < -0.39 is 65.0 Å². The van der Waals surface area contributed by atoms with Gasteiger partial charge in [-0.2, -0.15) is 0 Å². The van der Waals surface area contributed by atoms with Crippen molar-refractivity contribution >= 4 is 11.9 Å².